The third kappa shape index (κ3) is 2.61. The smallest absolute Gasteiger partial charge is 0.0617 e. The van der Waals surface area contributed by atoms with Crippen molar-refractivity contribution in [3.8, 4) is 0 Å². The van der Waals surface area contributed by atoms with E-state index in [9.17, 15) is 0 Å². The highest BCUT2D eigenvalue weighted by Gasteiger charge is 2.33. The third-order valence-electron chi connectivity index (χ3n) is 4.39. The van der Waals surface area contributed by atoms with E-state index in [0.717, 1.165) is 25.9 Å². The molecule has 1 saturated heterocycles. The number of thiophene rings is 1. The van der Waals surface area contributed by atoms with E-state index in [4.69, 9.17) is 10.6 Å². The normalized spacial score (nSPS) is 24.3. The second-order valence-electron chi connectivity index (χ2n) is 5.50. The summed E-state index contributed by atoms with van der Waals surface area (Å²) < 4.78 is 7.17. The fourth-order valence-electron chi connectivity index (χ4n) is 3.31. The van der Waals surface area contributed by atoms with E-state index in [1.165, 1.54) is 15.6 Å². The molecular weight excluding hydrogens is 268 g/mol. The lowest BCUT2D eigenvalue weighted by Crippen LogP contribution is -2.45. The molecule has 108 valence electrons. The molecule has 0 radical (unpaired) electrons. The van der Waals surface area contributed by atoms with E-state index in [2.05, 4.69) is 42.0 Å². The molecule has 1 aliphatic rings. The van der Waals surface area contributed by atoms with Gasteiger partial charge in [0, 0.05) is 23.3 Å². The van der Waals surface area contributed by atoms with Gasteiger partial charge in [-0.1, -0.05) is 25.1 Å². The molecule has 20 heavy (non-hydrogen) atoms. The maximum absolute atomic E-state index is 5.83. The third-order valence-corrected chi connectivity index (χ3v) is 5.41. The summed E-state index contributed by atoms with van der Waals surface area (Å²) in [4.78, 5) is 0. The monoisotopic (exact) mass is 290 g/mol. The van der Waals surface area contributed by atoms with Crippen molar-refractivity contribution in [3.05, 3.63) is 35.2 Å². The molecule has 0 amide bonds. The van der Waals surface area contributed by atoms with Gasteiger partial charge in [-0.2, -0.15) is 0 Å². The van der Waals surface area contributed by atoms with Crippen LogP contribution in [0.5, 0.6) is 0 Å². The Bertz CT molecular complexity index is 568. The molecule has 3 N–H and O–H groups in total. The zero-order chi connectivity index (χ0) is 13.9. The number of nitrogens with one attached hydrogen (secondary N) is 1. The van der Waals surface area contributed by atoms with Gasteiger partial charge in [0.15, 0.2) is 0 Å². The number of fused-ring (bicyclic) bond motifs is 1. The molecule has 0 spiro atoms. The molecule has 0 aliphatic carbocycles. The molecule has 1 aromatic carbocycles. The molecule has 3 rings (SSSR count). The van der Waals surface area contributed by atoms with Crippen LogP contribution in [0.2, 0.25) is 0 Å². The lowest BCUT2D eigenvalue weighted by molar-refractivity contribution is 0.0775. The van der Waals surface area contributed by atoms with Crippen molar-refractivity contribution in [1.82, 2.24) is 5.43 Å². The fourth-order valence-corrected chi connectivity index (χ4v) is 4.28. The maximum Gasteiger partial charge on any atom is 0.0617 e. The van der Waals surface area contributed by atoms with Crippen LogP contribution in [0.15, 0.2) is 29.6 Å². The molecule has 1 fully saturated rings. The van der Waals surface area contributed by atoms with Gasteiger partial charge in [0.2, 0.25) is 0 Å². The number of rotatable bonds is 5. The number of ether oxygens (including phenoxy) is 1. The second-order valence-corrected chi connectivity index (χ2v) is 6.42. The topological polar surface area (TPSA) is 47.3 Å². The fraction of sp³-hybridized carbons (Fsp3) is 0.500. The largest absolute Gasteiger partial charge is 0.378 e. The second kappa shape index (κ2) is 6.22. The molecule has 1 aromatic heterocycles. The average molecular weight is 290 g/mol. The Kier molecular flexibility index (Phi) is 4.36. The minimum absolute atomic E-state index is 0.292. The van der Waals surface area contributed by atoms with Gasteiger partial charge >= 0.3 is 0 Å². The van der Waals surface area contributed by atoms with E-state index >= 15 is 0 Å². The van der Waals surface area contributed by atoms with Crippen LogP contribution in [0.4, 0.5) is 0 Å². The zero-order valence-corrected chi connectivity index (χ0v) is 12.7. The molecule has 3 unspecified atom stereocenters. The summed E-state index contributed by atoms with van der Waals surface area (Å²) >= 11 is 1.82. The Labute approximate surface area is 124 Å². The Balaban J connectivity index is 1.81. The van der Waals surface area contributed by atoms with Crippen LogP contribution in [0.3, 0.4) is 0 Å². The maximum atomic E-state index is 5.83. The minimum atomic E-state index is 0.292. The number of benzene rings is 1. The highest BCUT2D eigenvalue weighted by Crippen LogP contribution is 2.31. The van der Waals surface area contributed by atoms with E-state index < -0.39 is 0 Å². The van der Waals surface area contributed by atoms with Crippen LogP contribution < -0.4 is 11.3 Å². The Morgan fingerprint density at radius 2 is 2.30 bits per heavy atom. The van der Waals surface area contributed by atoms with Gasteiger partial charge in [-0.25, -0.2) is 0 Å². The van der Waals surface area contributed by atoms with Crippen molar-refractivity contribution in [1.29, 1.82) is 0 Å². The highest BCUT2D eigenvalue weighted by molar-refractivity contribution is 7.17. The van der Waals surface area contributed by atoms with Gasteiger partial charge < -0.3 is 4.74 Å². The van der Waals surface area contributed by atoms with Crippen molar-refractivity contribution < 1.29 is 4.74 Å². The van der Waals surface area contributed by atoms with Gasteiger partial charge in [0.1, 0.15) is 0 Å². The van der Waals surface area contributed by atoms with Gasteiger partial charge in [0.25, 0.3) is 0 Å². The molecule has 2 heterocycles. The van der Waals surface area contributed by atoms with E-state index in [-0.39, 0.29) is 0 Å². The van der Waals surface area contributed by atoms with Crippen LogP contribution in [-0.4, -0.2) is 18.8 Å². The first-order valence-electron chi connectivity index (χ1n) is 7.36. The number of hydrogen-bond acceptors (Lipinski definition) is 4. The highest BCUT2D eigenvalue weighted by atomic mass is 32.1. The summed E-state index contributed by atoms with van der Waals surface area (Å²) in [6, 6.07) is 8.88. The lowest BCUT2D eigenvalue weighted by atomic mass is 9.87. The zero-order valence-electron chi connectivity index (χ0n) is 11.8. The molecule has 3 nitrogen and oxygen atoms in total. The minimum Gasteiger partial charge on any atom is -0.378 e. The molecule has 2 aromatic rings. The summed E-state index contributed by atoms with van der Waals surface area (Å²) in [5.41, 5.74) is 4.43. The van der Waals surface area contributed by atoms with Crippen LogP contribution in [0, 0.1) is 5.92 Å². The number of hydrogen-bond donors (Lipinski definition) is 2. The van der Waals surface area contributed by atoms with Crippen molar-refractivity contribution in [2.45, 2.75) is 38.3 Å². The van der Waals surface area contributed by atoms with Gasteiger partial charge in [-0.3, -0.25) is 11.3 Å². The van der Waals surface area contributed by atoms with Gasteiger partial charge in [-0.05, 0) is 41.7 Å². The molecule has 4 heteroatoms. The first-order chi connectivity index (χ1) is 9.83. The molecule has 1 aliphatic heterocycles. The van der Waals surface area contributed by atoms with E-state index in [1.807, 2.05) is 11.3 Å². The van der Waals surface area contributed by atoms with Crippen LogP contribution in [-0.2, 0) is 11.2 Å². The standard InChI is InChI=1S/C16H22N2OS/c1-2-15-13(7-8-19-15)14(18-17)9-11-10-20-16-6-4-3-5-12(11)16/h3-6,10,13-15,18H,2,7-9,17H2,1H3. The Morgan fingerprint density at radius 1 is 1.45 bits per heavy atom. The predicted octanol–water partition coefficient (Wildman–Crippen LogP) is 3.09. The summed E-state index contributed by atoms with van der Waals surface area (Å²) in [6.45, 7) is 3.06. The summed E-state index contributed by atoms with van der Waals surface area (Å²) in [5, 5.41) is 3.64. The van der Waals surface area contributed by atoms with Crippen molar-refractivity contribution in [3.63, 3.8) is 0 Å². The first kappa shape index (κ1) is 14.0. The summed E-state index contributed by atoms with van der Waals surface area (Å²) in [5.74, 6) is 6.35. The van der Waals surface area contributed by atoms with Crippen LogP contribution >= 0.6 is 11.3 Å². The van der Waals surface area contributed by atoms with Crippen LogP contribution in [0.25, 0.3) is 10.1 Å². The van der Waals surface area contributed by atoms with Crippen LogP contribution in [0.1, 0.15) is 25.3 Å². The van der Waals surface area contributed by atoms with Gasteiger partial charge in [-0.15, -0.1) is 11.3 Å². The molecule has 0 saturated carbocycles. The number of hydrazine groups is 1. The number of nitrogens with two attached hydrogens (primary N) is 1. The molecule has 0 bridgehead atoms. The van der Waals surface area contributed by atoms with Crippen molar-refractivity contribution >= 4 is 21.4 Å². The quantitative estimate of drug-likeness (QED) is 0.657. The predicted molar refractivity (Wildman–Crippen MR) is 84.8 cm³/mol. The Hall–Kier alpha value is -0.940. The van der Waals surface area contributed by atoms with Crippen molar-refractivity contribution in [2.75, 3.05) is 6.61 Å². The average Bonchev–Trinajstić information content (AvgIpc) is 3.11. The van der Waals surface area contributed by atoms with E-state index in [1.54, 1.807) is 0 Å². The van der Waals surface area contributed by atoms with Gasteiger partial charge in [0.05, 0.1) is 6.10 Å². The lowest BCUT2D eigenvalue weighted by Gasteiger charge is -2.26. The molecular formula is C16H22N2OS. The summed E-state index contributed by atoms with van der Waals surface area (Å²) in [7, 11) is 0. The summed E-state index contributed by atoms with van der Waals surface area (Å²) in [6.07, 6.45) is 3.49. The first-order valence-corrected chi connectivity index (χ1v) is 8.24. The molecule has 3 atom stereocenters. The SMILES string of the molecule is CCC1OCCC1C(Cc1csc2ccccc12)NN. The Morgan fingerprint density at radius 3 is 3.10 bits per heavy atom. The van der Waals surface area contributed by atoms with Crippen molar-refractivity contribution in [2.24, 2.45) is 11.8 Å². The van der Waals surface area contributed by atoms with E-state index in [0.29, 0.717) is 18.1 Å².